The number of nitrogens with one attached hydrogen (secondary N) is 1. The number of amides is 1. The molecule has 1 heterocycles. The molecule has 0 saturated heterocycles. The van der Waals surface area contributed by atoms with E-state index >= 15 is 0 Å². The molecule has 6 nitrogen and oxygen atoms in total. The summed E-state index contributed by atoms with van der Waals surface area (Å²) in [6.45, 7) is 0.423. The third-order valence-corrected chi connectivity index (χ3v) is 4.26. The van der Waals surface area contributed by atoms with Crippen LogP contribution in [-0.4, -0.2) is 37.6 Å². The van der Waals surface area contributed by atoms with Gasteiger partial charge in [0, 0.05) is 30.0 Å². The predicted octanol–water partition coefficient (Wildman–Crippen LogP) is 2.90. The summed E-state index contributed by atoms with van der Waals surface area (Å²) < 4.78 is 9.67. The minimum Gasteiger partial charge on any atom is -0.497 e. The summed E-state index contributed by atoms with van der Waals surface area (Å²) in [4.78, 5) is 27.2. The monoisotopic (exact) mass is 360 g/mol. The van der Waals surface area contributed by atoms with Gasteiger partial charge in [0.15, 0.2) is 0 Å². The summed E-state index contributed by atoms with van der Waals surface area (Å²) >= 11 is 1.51. The molecular weight excluding hydrogens is 340 g/mol. The molecule has 0 aliphatic heterocycles. The van der Waals surface area contributed by atoms with Crippen molar-refractivity contribution in [2.75, 3.05) is 20.8 Å². The van der Waals surface area contributed by atoms with Crippen LogP contribution < -0.4 is 10.1 Å². The molecule has 0 atom stereocenters. The maximum atomic E-state index is 11.7. The van der Waals surface area contributed by atoms with E-state index in [2.05, 4.69) is 15.0 Å². The maximum Gasteiger partial charge on any atom is 0.305 e. The molecule has 132 valence electrons. The summed E-state index contributed by atoms with van der Waals surface area (Å²) in [7, 11) is 2.97. The first kappa shape index (κ1) is 18.7. The van der Waals surface area contributed by atoms with E-state index in [0.717, 1.165) is 22.0 Å². The summed E-state index contributed by atoms with van der Waals surface area (Å²) in [5.41, 5.74) is 1.72. The van der Waals surface area contributed by atoms with Crippen molar-refractivity contribution in [1.82, 2.24) is 10.3 Å². The first-order valence-corrected chi connectivity index (χ1v) is 8.63. The second-order valence-electron chi connectivity index (χ2n) is 5.11. The van der Waals surface area contributed by atoms with Crippen LogP contribution in [0.3, 0.4) is 0 Å². The van der Waals surface area contributed by atoms with Crippen molar-refractivity contribution in [1.29, 1.82) is 0 Å². The number of ether oxygens (including phenoxy) is 2. The molecule has 1 amide bonds. The van der Waals surface area contributed by atoms with Gasteiger partial charge < -0.3 is 14.8 Å². The van der Waals surface area contributed by atoms with Crippen molar-refractivity contribution in [2.24, 2.45) is 0 Å². The summed E-state index contributed by atoms with van der Waals surface area (Å²) in [6, 6.07) is 7.65. The van der Waals surface area contributed by atoms with E-state index in [1.54, 1.807) is 13.2 Å². The number of benzene rings is 1. The highest BCUT2D eigenvalue weighted by Gasteiger charge is 2.04. The van der Waals surface area contributed by atoms with Crippen molar-refractivity contribution in [3.05, 3.63) is 41.4 Å². The van der Waals surface area contributed by atoms with Crippen LogP contribution in [0.15, 0.2) is 35.7 Å². The smallest absolute Gasteiger partial charge is 0.305 e. The van der Waals surface area contributed by atoms with E-state index in [-0.39, 0.29) is 18.3 Å². The Morgan fingerprint density at radius 2 is 2.00 bits per heavy atom. The predicted molar refractivity (Wildman–Crippen MR) is 97.4 cm³/mol. The Balaban J connectivity index is 1.84. The number of thiazole rings is 1. The van der Waals surface area contributed by atoms with Gasteiger partial charge >= 0.3 is 5.97 Å². The van der Waals surface area contributed by atoms with Gasteiger partial charge in [-0.05, 0) is 36.8 Å². The fraction of sp³-hybridized carbons (Fsp3) is 0.278. The van der Waals surface area contributed by atoms with E-state index in [1.165, 1.54) is 24.5 Å². The average molecular weight is 360 g/mol. The molecular formula is C18H20N2O4S. The van der Waals surface area contributed by atoms with Crippen LogP contribution in [0.4, 0.5) is 0 Å². The Bertz CT molecular complexity index is 738. The number of methoxy groups -OCH3 is 2. The number of carbonyl (C=O) groups is 2. The molecule has 25 heavy (non-hydrogen) atoms. The standard InChI is InChI=1S/C18H20N2O4S/c1-23-15-8-5-13(6-9-15)18-20-14(12-25-18)7-10-16(21)19-11-3-4-17(22)24-2/h5-10,12H,3-4,11H2,1-2H3,(H,19,21). The zero-order valence-corrected chi connectivity index (χ0v) is 15.0. The second-order valence-corrected chi connectivity index (χ2v) is 5.97. The van der Waals surface area contributed by atoms with Gasteiger partial charge in [-0.1, -0.05) is 0 Å². The Morgan fingerprint density at radius 3 is 2.68 bits per heavy atom. The molecule has 1 N–H and O–H groups in total. The molecule has 0 bridgehead atoms. The topological polar surface area (TPSA) is 77.5 Å². The lowest BCUT2D eigenvalue weighted by Gasteiger charge is -2.01. The van der Waals surface area contributed by atoms with Gasteiger partial charge in [0.1, 0.15) is 10.8 Å². The minimum absolute atomic E-state index is 0.219. The number of nitrogens with zero attached hydrogens (tertiary/aromatic N) is 1. The van der Waals surface area contributed by atoms with Crippen LogP contribution in [0.2, 0.25) is 0 Å². The Labute approximate surface area is 150 Å². The molecule has 2 aromatic rings. The molecule has 0 saturated carbocycles. The van der Waals surface area contributed by atoms with Gasteiger partial charge in [0.25, 0.3) is 0 Å². The summed E-state index contributed by atoms with van der Waals surface area (Å²) in [5, 5.41) is 5.48. The fourth-order valence-corrected chi connectivity index (χ4v) is 2.79. The first-order valence-electron chi connectivity index (χ1n) is 7.75. The van der Waals surface area contributed by atoms with Crippen molar-refractivity contribution >= 4 is 29.3 Å². The minimum atomic E-state index is -0.279. The largest absolute Gasteiger partial charge is 0.497 e. The number of hydrogen-bond donors (Lipinski definition) is 1. The molecule has 0 aliphatic carbocycles. The van der Waals surface area contributed by atoms with Crippen LogP contribution in [0, 0.1) is 0 Å². The van der Waals surface area contributed by atoms with Crippen LogP contribution in [0.25, 0.3) is 16.6 Å². The highest BCUT2D eigenvalue weighted by atomic mass is 32.1. The average Bonchev–Trinajstić information content (AvgIpc) is 3.12. The molecule has 7 heteroatoms. The van der Waals surface area contributed by atoms with E-state index in [0.29, 0.717) is 13.0 Å². The number of rotatable bonds is 8. The van der Waals surface area contributed by atoms with Crippen molar-refractivity contribution < 1.29 is 19.1 Å². The summed E-state index contributed by atoms with van der Waals surface area (Å²) in [6.07, 6.45) is 3.94. The van der Waals surface area contributed by atoms with Crippen molar-refractivity contribution in [3.63, 3.8) is 0 Å². The van der Waals surface area contributed by atoms with Gasteiger partial charge in [-0.2, -0.15) is 0 Å². The Hall–Kier alpha value is -2.67. The lowest BCUT2D eigenvalue weighted by molar-refractivity contribution is -0.140. The second kappa shape index (κ2) is 9.58. The van der Waals surface area contributed by atoms with Gasteiger partial charge in [-0.3, -0.25) is 9.59 Å². The summed E-state index contributed by atoms with van der Waals surface area (Å²) in [5.74, 6) is 0.298. The number of hydrogen-bond acceptors (Lipinski definition) is 6. The molecule has 0 spiro atoms. The SMILES string of the molecule is COC(=O)CCCNC(=O)C=Cc1csc(-c2ccc(OC)cc2)n1. The van der Waals surface area contributed by atoms with Gasteiger partial charge in [0.05, 0.1) is 19.9 Å². The number of esters is 1. The molecule has 0 radical (unpaired) electrons. The lowest BCUT2D eigenvalue weighted by atomic mass is 10.2. The molecule has 2 rings (SSSR count). The van der Waals surface area contributed by atoms with E-state index in [9.17, 15) is 9.59 Å². The maximum absolute atomic E-state index is 11.7. The molecule has 1 aromatic carbocycles. The highest BCUT2D eigenvalue weighted by Crippen LogP contribution is 2.26. The molecule has 0 unspecified atom stereocenters. The normalized spacial score (nSPS) is 10.6. The molecule has 0 aliphatic rings. The van der Waals surface area contributed by atoms with Crippen molar-refractivity contribution in [2.45, 2.75) is 12.8 Å². The zero-order chi connectivity index (χ0) is 18.1. The Morgan fingerprint density at radius 1 is 1.24 bits per heavy atom. The third-order valence-electron chi connectivity index (χ3n) is 3.35. The van der Waals surface area contributed by atoms with E-state index in [4.69, 9.17) is 4.74 Å². The van der Waals surface area contributed by atoms with Gasteiger partial charge in [-0.15, -0.1) is 11.3 Å². The number of aromatic nitrogens is 1. The van der Waals surface area contributed by atoms with Gasteiger partial charge in [-0.25, -0.2) is 4.98 Å². The Kier molecular flexibility index (Phi) is 7.16. The van der Waals surface area contributed by atoms with Crippen LogP contribution in [-0.2, 0) is 14.3 Å². The first-order chi connectivity index (χ1) is 12.1. The quantitative estimate of drug-likeness (QED) is 0.445. The van der Waals surface area contributed by atoms with Crippen molar-refractivity contribution in [3.8, 4) is 16.3 Å². The van der Waals surface area contributed by atoms with Crippen LogP contribution in [0.5, 0.6) is 5.75 Å². The third kappa shape index (κ3) is 6.04. The van der Waals surface area contributed by atoms with Crippen LogP contribution >= 0.6 is 11.3 Å². The van der Waals surface area contributed by atoms with E-state index in [1.807, 2.05) is 29.6 Å². The van der Waals surface area contributed by atoms with Gasteiger partial charge in [0.2, 0.25) is 5.91 Å². The molecule has 0 fully saturated rings. The molecule has 1 aromatic heterocycles. The lowest BCUT2D eigenvalue weighted by Crippen LogP contribution is -2.22. The van der Waals surface area contributed by atoms with Crippen LogP contribution in [0.1, 0.15) is 18.5 Å². The van der Waals surface area contributed by atoms with E-state index < -0.39 is 0 Å². The fourth-order valence-electron chi connectivity index (χ4n) is 2.00. The number of carbonyl (C=O) groups excluding carboxylic acids is 2. The zero-order valence-electron chi connectivity index (χ0n) is 14.2. The highest BCUT2D eigenvalue weighted by molar-refractivity contribution is 7.13.